The number of nitrogens with one attached hydrogen (secondary N) is 1. The number of unbranched alkanes of at least 4 members (excludes halogenated alkanes) is 16. The van der Waals surface area contributed by atoms with E-state index in [-0.39, 0.29) is 19.1 Å². The molecule has 0 aliphatic carbocycles. The fourth-order valence-electron chi connectivity index (χ4n) is 7.90. The molecule has 0 heterocycles. The summed E-state index contributed by atoms with van der Waals surface area (Å²) >= 11 is 0. The molecule has 0 saturated carbocycles. The van der Waals surface area contributed by atoms with Crippen molar-refractivity contribution in [2.45, 2.75) is 231 Å². The molecule has 8 nitrogen and oxygen atoms in total. The van der Waals surface area contributed by atoms with Gasteiger partial charge in [-0.3, -0.25) is 9.36 Å². The van der Waals surface area contributed by atoms with Gasteiger partial charge in [0, 0.05) is 6.42 Å². The molecule has 0 aliphatic heterocycles. The zero-order valence-electron chi connectivity index (χ0n) is 49.1. The van der Waals surface area contributed by atoms with Gasteiger partial charge in [-0.25, -0.2) is 0 Å². The summed E-state index contributed by atoms with van der Waals surface area (Å²) in [5, 5.41) is 14.0. The number of carbonyl (C=O) groups excluding carboxylic acids is 1. The van der Waals surface area contributed by atoms with E-state index in [9.17, 15) is 19.4 Å². The first-order valence-corrected chi connectivity index (χ1v) is 31.6. The van der Waals surface area contributed by atoms with Crippen LogP contribution in [0.15, 0.2) is 146 Å². The lowest BCUT2D eigenvalue weighted by Gasteiger charge is -2.30. The number of allylic oxidation sites excluding steroid dienone is 24. The Balaban J connectivity index is 4.16. The highest BCUT2D eigenvalue weighted by atomic mass is 31.2. The molecule has 0 rings (SSSR count). The third-order valence-corrected chi connectivity index (χ3v) is 13.6. The fourth-order valence-corrected chi connectivity index (χ4v) is 8.63. The molecule has 0 bridgehead atoms. The average Bonchev–Trinajstić information content (AvgIpc) is 3.38. The Kier molecular flexibility index (Phi) is 53.4. The second kappa shape index (κ2) is 56.1. The predicted molar refractivity (Wildman–Crippen MR) is 329 cm³/mol. The molecule has 0 aromatic heterocycles. The Bertz CT molecular complexity index is 1740. The van der Waals surface area contributed by atoms with E-state index in [1.54, 1.807) is 0 Å². The van der Waals surface area contributed by atoms with Crippen molar-refractivity contribution in [3.8, 4) is 0 Å². The maximum atomic E-state index is 13.0. The minimum atomic E-state index is -4.59. The van der Waals surface area contributed by atoms with Crippen LogP contribution in [0.3, 0.4) is 0 Å². The molecular formula is C67H113N2O6P. The van der Waals surface area contributed by atoms with Gasteiger partial charge in [0.1, 0.15) is 13.2 Å². The molecule has 1 amide bonds. The number of amides is 1. The first-order valence-electron chi connectivity index (χ1n) is 30.2. The van der Waals surface area contributed by atoms with Gasteiger partial charge in [0.15, 0.2) is 0 Å². The Morgan fingerprint density at radius 3 is 1.17 bits per heavy atom. The van der Waals surface area contributed by atoms with Crippen LogP contribution in [0, 0.1) is 0 Å². The predicted octanol–water partition coefficient (Wildman–Crippen LogP) is 18.2. The van der Waals surface area contributed by atoms with Gasteiger partial charge in [0.05, 0.1) is 39.9 Å². The monoisotopic (exact) mass is 1070 g/mol. The van der Waals surface area contributed by atoms with Crippen LogP contribution in [0.25, 0.3) is 0 Å². The molecule has 76 heavy (non-hydrogen) atoms. The molecule has 432 valence electrons. The summed E-state index contributed by atoms with van der Waals surface area (Å²) < 4.78 is 23.3. The van der Waals surface area contributed by atoms with Crippen LogP contribution in [-0.4, -0.2) is 68.5 Å². The number of hydrogen-bond acceptors (Lipinski definition) is 6. The highest BCUT2D eigenvalue weighted by Gasteiger charge is 2.24. The molecule has 0 radical (unpaired) electrons. The average molecular weight is 1070 g/mol. The van der Waals surface area contributed by atoms with Gasteiger partial charge >= 0.3 is 0 Å². The summed E-state index contributed by atoms with van der Waals surface area (Å²) in [5.74, 6) is -0.195. The molecule has 0 aliphatic rings. The van der Waals surface area contributed by atoms with Crippen molar-refractivity contribution in [3.63, 3.8) is 0 Å². The molecule has 0 aromatic rings. The number of aliphatic hydroxyl groups excluding tert-OH is 1. The highest BCUT2D eigenvalue weighted by Crippen LogP contribution is 2.38. The van der Waals surface area contributed by atoms with Crippen LogP contribution < -0.4 is 10.2 Å². The van der Waals surface area contributed by atoms with Crippen molar-refractivity contribution in [2.75, 3.05) is 40.9 Å². The second-order valence-electron chi connectivity index (χ2n) is 21.0. The fraction of sp³-hybridized carbons (Fsp3) is 0.627. The van der Waals surface area contributed by atoms with Gasteiger partial charge in [-0.1, -0.05) is 256 Å². The van der Waals surface area contributed by atoms with Gasteiger partial charge in [-0.2, -0.15) is 0 Å². The lowest BCUT2D eigenvalue weighted by atomic mass is 10.0. The number of aliphatic hydroxyl groups is 1. The van der Waals surface area contributed by atoms with Crippen molar-refractivity contribution >= 4 is 13.7 Å². The van der Waals surface area contributed by atoms with Crippen molar-refractivity contribution in [2.24, 2.45) is 0 Å². The zero-order chi connectivity index (χ0) is 55.6. The number of phosphoric acid groups is 1. The molecule has 0 spiro atoms. The van der Waals surface area contributed by atoms with Crippen LogP contribution in [0.2, 0.25) is 0 Å². The van der Waals surface area contributed by atoms with Crippen LogP contribution in [0.1, 0.15) is 219 Å². The van der Waals surface area contributed by atoms with Crippen molar-refractivity contribution < 1.29 is 32.9 Å². The zero-order valence-corrected chi connectivity index (χ0v) is 50.0. The minimum Gasteiger partial charge on any atom is -0.756 e. The van der Waals surface area contributed by atoms with E-state index in [4.69, 9.17) is 9.05 Å². The standard InChI is InChI=1S/C67H113N2O6P/c1-6-8-10-12-14-16-18-20-21-22-23-24-25-26-27-28-29-30-31-32-33-34-35-36-37-38-39-40-41-42-43-44-45-46-47-49-51-53-55-57-59-61-67(71)68-65(64-75-76(72,73)74-63-62-69(3,4)5)66(70)60-58-56-54-52-50-48-19-17-15-13-11-9-7-2/h8,10,14,16,20-21,23-24,26-27,29-30,32-33,35-36,38-39,41-42,44-45,47,49,65-66,70H,6-7,9,11-13,15,17-19,22,25,28,31,34,37,40,43,46,48,50-64H2,1-5H3,(H-,68,71,72,73)/b10-8-,16-14-,21-20-,24-23-,27-26-,30-29-,33-32-,36-35-,39-38-,42-41-,45-44-,49-47-. The summed E-state index contributed by atoms with van der Waals surface area (Å²) in [4.78, 5) is 25.5. The Morgan fingerprint density at radius 2 is 0.803 bits per heavy atom. The molecule has 0 aromatic carbocycles. The smallest absolute Gasteiger partial charge is 0.268 e. The van der Waals surface area contributed by atoms with Crippen molar-refractivity contribution in [1.82, 2.24) is 5.32 Å². The van der Waals surface area contributed by atoms with Gasteiger partial charge in [0.25, 0.3) is 7.82 Å². The van der Waals surface area contributed by atoms with E-state index in [0.29, 0.717) is 23.9 Å². The van der Waals surface area contributed by atoms with E-state index >= 15 is 0 Å². The van der Waals surface area contributed by atoms with Crippen molar-refractivity contribution in [3.05, 3.63) is 146 Å². The normalized spacial score (nSPS) is 14.9. The molecule has 9 heteroatoms. The molecular weight excluding hydrogens is 960 g/mol. The SMILES string of the molecule is CC/C=C\C/C=C\C/C=C\C/C=C\C/C=C\C/C=C\C/C=C\C/C=C\C/C=C\C/C=C\C/C=C\C/C=C\CCCCCCC(=O)NC(COP(=O)([O-])OCC[N+](C)(C)C)C(O)CCCCCCCCCCCCCCC. The maximum Gasteiger partial charge on any atom is 0.268 e. The lowest BCUT2D eigenvalue weighted by molar-refractivity contribution is -0.870. The first kappa shape index (κ1) is 72.4. The van der Waals surface area contributed by atoms with Crippen LogP contribution in [0.4, 0.5) is 0 Å². The van der Waals surface area contributed by atoms with Gasteiger partial charge in [-0.05, 0) is 103 Å². The number of likely N-dealkylation sites (N-methyl/N-ethyl adjacent to an activating group) is 1. The van der Waals surface area contributed by atoms with E-state index in [1.165, 1.54) is 64.2 Å². The van der Waals surface area contributed by atoms with Gasteiger partial charge in [0.2, 0.25) is 5.91 Å². The lowest BCUT2D eigenvalue weighted by Crippen LogP contribution is -2.46. The van der Waals surface area contributed by atoms with E-state index < -0.39 is 20.0 Å². The summed E-state index contributed by atoms with van der Waals surface area (Å²) in [6.45, 7) is 4.56. The van der Waals surface area contributed by atoms with E-state index in [0.717, 1.165) is 128 Å². The number of nitrogens with zero attached hydrogens (tertiary/aromatic N) is 1. The van der Waals surface area contributed by atoms with Crippen LogP contribution in [0.5, 0.6) is 0 Å². The van der Waals surface area contributed by atoms with E-state index in [1.807, 2.05) is 21.1 Å². The number of phosphoric ester groups is 1. The summed E-state index contributed by atoms with van der Waals surface area (Å²) in [7, 11) is 1.27. The topological polar surface area (TPSA) is 108 Å². The molecule has 0 saturated heterocycles. The molecule has 3 unspecified atom stereocenters. The molecule has 0 fully saturated rings. The Hall–Kier alpha value is -3.62. The number of hydrogen-bond donors (Lipinski definition) is 2. The number of quaternary nitrogens is 1. The summed E-state index contributed by atoms with van der Waals surface area (Å²) in [5.41, 5.74) is 0. The molecule has 2 N–H and O–H groups in total. The molecule has 3 atom stereocenters. The summed E-state index contributed by atoms with van der Waals surface area (Å²) in [6.07, 6.45) is 86.0. The third kappa shape index (κ3) is 58.1. The Morgan fingerprint density at radius 1 is 0.474 bits per heavy atom. The largest absolute Gasteiger partial charge is 0.756 e. The van der Waals surface area contributed by atoms with Crippen molar-refractivity contribution in [1.29, 1.82) is 0 Å². The quantitative estimate of drug-likeness (QED) is 0.0272. The maximum absolute atomic E-state index is 13.0. The van der Waals surface area contributed by atoms with Gasteiger partial charge < -0.3 is 28.8 Å². The minimum absolute atomic E-state index is 0.000594. The van der Waals surface area contributed by atoms with E-state index in [2.05, 4.69) is 165 Å². The second-order valence-corrected chi connectivity index (χ2v) is 22.4. The van der Waals surface area contributed by atoms with Crippen LogP contribution >= 0.6 is 7.82 Å². The Labute approximate surface area is 468 Å². The summed E-state index contributed by atoms with van der Waals surface area (Å²) in [6, 6.07) is -0.824. The number of rotatable bonds is 53. The van der Waals surface area contributed by atoms with Gasteiger partial charge in [-0.15, -0.1) is 0 Å². The first-order chi connectivity index (χ1) is 37.0. The third-order valence-electron chi connectivity index (χ3n) is 12.6. The number of carbonyl (C=O) groups is 1. The van der Waals surface area contributed by atoms with Crippen LogP contribution in [-0.2, 0) is 18.4 Å². The highest BCUT2D eigenvalue weighted by molar-refractivity contribution is 7.45.